The average Bonchev–Trinajstić information content (AvgIpc) is 2.19. The fraction of sp³-hybridized carbons (Fsp3) is 0.333. The zero-order valence-electron chi connectivity index (χ0n) is 7.92. The number of aryl methyl sites for hydroxylation is 1. The highest BCUT2D eigenvalue weighted by molar-refractivity contribution is 7.98. The highest BCUT2D eigenvalue weighted by Crippen LogP contribution is 2.15. The molecule has 0 heterocycles. The van der Waals surface area contributed by atoms with Crippen molar-refractivity contribution in [3.05, 3.63) is 29.8 Å². The molecule has 68 valence electrons. The van der Waals surface area contributed by atoms with Crippen molar-refractivity contribution in [1.82, 2.24) is 0 Å². The fourth-order valence-corrected chi connectivity index (χ4v) is 1.60. The van der Waals surface area contributed by atoms with Crippen molar-refractivity contribution in [2.45, 2.75) is 24.2 Å². The Bertz CT molecular complexity index is 279. The Labute approximate surface area is 84.7 Å². The molecule has 1 rings (SSSR count). The van der Waals surface area contributed by atoms with Crippen molar-refractivity contribution in [3.8, 4) is 12.3 Å². The molecule has 0 saturated carbocycles. The van der Waals surface area contributed by atoms with Gasteiger partial charge in [0.15, 0.2) is 0 Å². The van der Waals surface area contributed by atoms with Gasteiger partial charge in [-0.1, -0.05) is 12.1 Å². The molecule has 0 aliphatic carbocycles. The molecule has 0 atom stereocenters. The molecule has 0 fully saturated rings. The van der Waals surface area contributed by atoms with Gasteiger partial charge in [-0.2, -0.15) is 0 Å². The Kier molecular flexibility index (Phi) is 4.49. The molecular formula is C12H14S. The molecule has 13 heavy (non-hydrogen) atoms. The van der Waals surface area contributed by atoms with Crippen molar-refractivity contribution in [2.24, 2.45) is 0 Å². The number of hydrogen-bond donors (Lipinski definition) is 0. The number of unbranched alkanes of at least 4 members (excludes halogenated alkanes) is 1. The molecule has 0 amide bonds. The summed E-state index contributed by atoms with van der Waals surface area (Å²) in [5.41, 5.74) is 1.38. The quantitative estimate of drug-likeness (QED) is 0.398. The third-order valence-electron chi connectivity index (χ3n) is 1.95. The zero-order chi connectivity index (χ0) is 9.52. The summed E-state index contributed by atoms with van der Waals surface area (Å²) in [4.78, 5) is 1.32. The predicted molar refractivity (Wildman–Crippen MR) is 60.0 cm³/mol. The van der Waals surface area contributed by atoms with Crippen LogP contribution in [0.1, 0.15) is 18.4 Å². The second kappa shape index (κ2) is 5.72. The van der Waals surface area contributed by atoms with Crippen LogP contribution in [0.2, 0.25) is 0 Å². The van der Waals surface area contributed by atoms with Gasteiger partial charge in [0.05, 0.1) is 0 Å². The normalized spacial score (nSPS) is 9.54. The highest BCUT2D eigenvalue weighted by atomic mass is 32.2. The Balaban J connectivity index is 2.45. The summed E-state index contributed by atoms with van der Waals surface area (Å²) in [6.45, 7) is 0. The molecule has 1 heteroatoms. The number of hydrogen-bond acceptors (Lipinski definition) is 1. The third-order valence-corrected chi connectivity index (χ3v) is 2.69. The van der Waals surface area contributed by atoms with E-state index in [0.29, 0.717) is 0 Å². The van der Waals surface area contributed by atoms with Gasteiger partial charge in [-0.05, 0) is 36.8 Å². The lowest BCUT2D eigenvalue weighted by Gasteiger charge is -2.00. The Morgan fingerprint density at radius 2 is 2.00 bits per heavy atom. The summed E-state index contributed by atoms with van der Waals surface area (Å²) in [6, 6.07) is 8.69. The van der Waals surface area contributed by atoms with Gasteiger partial charge in [0.25, 0.3) is 0 Å². The predicted octanol–water partition coefficient (Wildman–Crippen LogP) is 3.36. The van der Waals surface area contributed by atoms with Gasteiger partial charge < -0.3 is 0 Å². The summed E-state index contributed by atoms with van der Waals surface area (Å²) in [7, 11) is 0. The maximum atomic E-state index is 5.18. The Morgan fingerprint density at radius 1 is 1.31 bits per heavy atom. The summed E-state index contributed by atoms with van der Waals surface area (Å²) in [6.07, 6.45) is 10.3. The van der Waals surface area contributed by atoms with Crippen molar-refractivity contribution in [1.29, 1.82) is 0 Å². The molecule has 1 aromatic carbocycles. The van der Waals surface area contributed by atoms with Gasteiger partial charge in [-0.25, -0.2) is 0 Å². The van der Waals surface area contributed by atoms with Crippen LogP contribution in [-0.4, -0.2) is 6.26 Å². The van der Waals surface area contributed by atoms with E-state index in [2.05, 4.69) is 36.4 Å². The molecule has 0 aromatic heterocycles. The van der Waals surface area contributed by atoms with E-state index in [-0.39, 0.29) is 0 Å². The first-order valence-corrected chi connectivity index (χ1v) is 5.65. The summed E-state index contributed by atoms with van der Waals surface area (Å²) in [5, 5.41) is 0. The van der Waals surface area contributed by atoms with Crippen LogP contribution in [0, 0.1) is 12.3 Å². The first-order chi connectivity index (χ1) is 6.36. The van der Waals surface area contributed by atoms with E-state index in [9.17, 15) is 0 Å². The smallest absolute Gasteiger partial charge is 0.00892 e. The van der Waals surface area contributed by atoms with Gasteiger partial charge >= 0.3 is 0 Å². The number of terminal acetylenes is 1. The van der Waals surface area contributed by atoms with Crippen LogP contribution in [0.25, 0.3) is 0 Å². The van der Waals surface area contributed by atoms with E-state index in [1.165, 1.54) is 10.5 Å². The van der Waals surface area contributed by atoms with Crippen molar-refractivity contribution >= 4 is 11.8 Å². The van der Waals surface area contributed by atoms with Crippen molar-refractivity contribution in [2.75, 3.05) is 6.26 Å². The van der Waals surface area contributed by atoms with Gasteiger partial charge in [-0.15, -0.1) is 24.1 Å². The summed E-state index contributed by atoms with van der Waals surface area (Å²) < 4.78 is 0. The maximum Gasteiger partial charge on any atom is 0.00892 e. The van der Waals surface area contributed by atoms with Gasteiger partial charge in [0.1, 0.15) is 0 Å². The van der Waals surface area contributed by atoms with E-state index in [0.717, 1.165) is 19.3 Å². The fourth-order valence-electron chi connectivity index (χ4n) is 1.19. The minimum atomic E-state index is 0.879. The minimum absolute atomic E-state index is 0.879. The second-order valence-electron chi connectivity index (χ2n) is 2.91. The molecule has 1 aromatic rings. The summed E-state index contributed by atoms with van der Waals surface area (Å²) in [5.74, 6) is 2.66. The minimum Gasteiger partial charge on any atom is -0.130 e. The van der Waals surface area contributed by atoms with Crippen LogP contribution >= 0.6 is 11.8 Å². The van der Waals surface area contributed by atoms with Crippen LogP contribution in [0.5, 0.6) is 0 Å². The van der Waals surface area contributed by atoms with Crippen LogP contribution < -0.4 is 0 Å². The lowest BCUT2D eigenvalue weighted by atomic mass is 10.1. The molecule has 0 aliphatic rings. The van der Waals surface area contributed by atoms with E-state index >= 15 is 0 Å². The van der Waals surface area contributed by atoms with Crippen LogP contribution in [0.15, 0.2) is 29.2 Å². The van der Waals surface area contributed by atoms with E-state index in [1.807, 2.05) is 0 Å². The molecule has 0 spiro atoms. The molecule has 0 saturated heterocycles. The largest absolute Gasteiger partial charge is 0.130 e. The van der Waals surface area contributed by atoms with Gasteiger partial charge in [-0.3, -0.25) is 0 Å². The Morgan fingerprint density at radius 3 is 2.54 bits per heavy atom. The molecule has 0 aliphatic heterocycles. The molecule has 0 bridgehead atoms. The van der Waals surface area contributed by atoms with Crippen LogP contribution in [0.4, 0.5) is 0 Å². The molecule has 0 unspecified atom stereocenters. The van der Waals surface area contributed by atoms with Crippen molar-refractivity contribution in [3.63, 3.8) is 0 Å². The van der Waals surface area contributed by atoms with Gasteiger partial charge in [0, 0.05) is 11.3 Å². The summed E-state index contributed by atoms with van der Waals surface area (Å²) >= 11 is 1.77. The molecular weight excluding hydrogens is 176 g/mol. The third kappa shape index (κ3) is 3.57. The number of thioether (sulfide) groups is 1. The lowest BCUT2D eigenvalue weighted by molar-refractivity contribution is 0.857. The Hall–Kier alpha value is -0.870. The highest BCUT2D eigenvalue weighted by Gasteiger charge is 1.92. The topological polar surface area (TPSA) is 0 Å². The number of benzene rings is 1. The zero-order valence-corrected chi connectivity index (χ0v) is 8.73. The monoisotopic (exact) mass is 190 g/mol. The van der Waals surface area contributed by atoms with E-state index in [1.54, 1.807) is 11.8 Å². The van der Waals surface area contributed by atoms with Crippen LogP contribution in [-0.2, 0) is 6.42 Å². The first-order valence-electron chi connectivity index (χ1n) is 4.43. The molecule has 0 radical (unpaired) electrons. The van der Waals surface area contributed by atoms with Crippen LogP contribution in [0.3, 0.4) is 0 Å². The first kappa shape index (κ1) is 10.2. The van der Waals surface area contributed by atoms with E-state index in [4.69, 9.17) is 6.42 Å². The number of rotatable bonds is 4. The average molecular weight is 190 g/mol. The van der Waals surface area contributed by atoms with Gasteiger partial charge in [0.2, 0.25) is 0 Å². The lowest BCUT2D eigenvalue weighted by Crippen LogP contribution is -1.84. The molecule has 0 N–H and O–H groups in total. The second-order valence-corrected chi connectivity index (χ2v) is 3.79. The SMILES string of the molecule is C#CCCCc1ccc(SC)cc1. The molecule has 0 nitrogen and oxygen atoms in total. The maximum absolute atomic E-state index is 5.18. The van der Waals surface area contributed by atoms with E-state index < -0.39 is 0 Å². The van der Waals surface area contributed by atoms with Crippen molar-refractivity contribution < 1.29 is 0 Å². The standard InChI is InChI=1S/C12H14S/c1-3-4-5-6-11-7-9-12(13-2)10-8-11/h1,7-10H,4-6H2,2H3.